The Morgan fingerprint density at radius 1 is 1.46 bits per heavy atom. The van der Waals surface area contributed by atoms with Gasteiger partial charge in [0, 0.05) is 0 Å². The van der Waals surface area contributed by atoms with E-state index in [1.807, 2.05) is 19.9 Å². The first-order valence-corrected chi connectivity index (χ1v) is 4.80. The van der Waals surface area contributed by atoms with Crippen molar-refractivity contribution in [3.05, 3.63) is 12.7 Å². The minimum atomic E-state index is -0.700. The molecular formula is C11H20O2. The molecule has 0 heterocycles. The number of aliphatic carboxylic acids is 1. The van der Waals surface area contributed by atoms with E-state index in [1.54, 1.807) is 0 Å². The standard InChI is InChI=1S/C11H20O2/c1-4-5-6-7-8-11(2,3)9-10(12)13/h4H,1,5-9H2,2-3H3,(H,12,13). The third kappa shape index (κ3) is 7.57. The second kappa shape index (κ2) is 5.79. The van der Waals surface area contributed by atoms with Crippen molar-refractivity contribution in [3.8, 4) is 0 Å². The first-order valence-electron chi connectivity index (χ1n) is 4.80. The van der Waals surface area contributed by atoms with Gasteiger partial charge >= 0.3 is 5.97 Å². The Kier molecular flexibility index (Phi) is 5.44. The predicted molar refractivity (Wildman–Crippen MR) is 54.7 cm³/mol. The van der Waals surface area contributed by atoms with Gasteiger partial charge in [0.15, 0.2) is 0 Å². The number of allylic oxidation sites excluding steroid dienone is 1. The molecule has 0 saturated carbocycles. The molecule has 0 aromatic rings. The summed E-state index contributed by atoms with van der Waals surface area (Å²) >= 11 is 0. The highest BCUT2D eigenvalue weighted by Gasteiger charge is 2.20. The first-order chi connectivity index (χ1) is 5.98. The van der Waals surface area contributed by atoms with Gasteiger partial charge in [-0.3, -0.25) is 4.79 Å². The number of hydrogen-bond acceptors (Lipinski definition) is 1. The Balaban J connectivity index is 3.62. The van der Waals surface area contributed by atoms with Crippen LogP contribution in [0, 0.1) is 5.41 Å². The Bertz CT molecular complexity index is 171. The van der Waals surface area contributed by atoms with Gasteiger partial charge in [-0.2, -0.15) is 0 Å². The number of hydrogen-bond donors (Lipinski definition) is 1. The van der Waals surface area contributed by atoms with Gasteiger partial charge in [0.05, 0.1) is 6.42 Å². The van der Waals surface area contributed by atoms with E-state index in [-0.39, 0.29) is 11.8 Å². The molecule has 0 spiro atoms. The Morgan fingerprint density at radius 3 is 2.54 bits per heavy atom. The molecule has 0 aromatic heterocycles. The van der Waals surface area contributed by atoms with Crippen LogP contribution in [-0.4, -0.2) is 11.1 Å². The molecule has 13 heavy (non-hydrogen) atoms. The summed E-state index contributed by atoms with van der Waals surface area (Å²) in [5, 5.41) is 8.64. The molecule has 1 N–H and O–H groups in total. The van der Waals surface area contributed by atoms with Crippen LogP contribution in [0.5, 0.6) is 0 Å². The summed E-state index contributed by atoms with van der Waals surface area (Å²) in [5.41, 5.74) is -0.0625. The monoisotopic (exact) mass is 184 g/mol. The number of unbranched alkanes of at least 4 members (excludes halogenated alkanes) is 2. The Morgan fingerprint density at radius 2 is 2.08 bits per heavy atom. The Labute approximate surface area is 80.7 Å². The minimum absolute atomic E-state index is 0.0625. The summed E-state index contributed by atoms with van der Waals surface area (Å²) in [4.78, 5) is 10.5. The minimum Gasteiger partial charge on any atom is -0.481 e. The van der Waals surface area contributed by atoms with Crippen molar-refractivity contribution >= 4 is 5.97 Å². The van der Waals surface area contributed by atoms with Crippen LogP contribution in [0.25, 0.3) is 0 Å². The summed E-state index contributed by atoms with van der Waals surface area (Å²) in [6.45, 7) is 7.67. The topological polar surface area (TPSA) is 37.3 Å². The van der Waals surface area contributed by atoms with Crippen LogP contribution in [0.1, 0.15) is 46.0 Å². The highest BCUT2D eigenvalue weighted by molar-refractivity contribution is 5.67. The number of carboxylic acid groups (broad SMARTS) is 1. The lowest BCUT2D eigenvalue weighted by molar-refractivity contribution is -0.139. The molecule has 0 bridgehead atoms. The second-order valence-electron chi connectivity index (χ2n) is 4.27. The maximum Gasteiger partial charge on any atom is 0.303 e. The smallest absolute Gasteiger partial charge is 0.303 e. The van der Waals surface area contributed by atoms with Gasteiger partial charge in [-0.1, -0.05) is 26.3 Å². The molecule has 0 rings (SSSR count). The van der Waals surface area contributed by atoms with Crippen LogP contribution >= 0.6 is 0 Å². The molecule has 0 fully saturated rings. The van der Waals surface area contributed by atoms with Crippen LogP contribution in [-0.2, 0) is 4.79 Å². The fourth-order valence-corrected chi connectivity index (χ4v) is 1.39. The second-order valence-corrected chi connectivity index (χ2v) is 4.27. The van der Waals surface area contributed by atoms with E-state index in [2.05, 4.69) is 6.58 Å². The number of carbonyl (C=O) groups is 1. The van der Waals surface area contributed by atoms with Gasteiger partial charge in [-0.15, -0.1) is 6.58 Å². The SMILES string of the molecule is C=CCCCCC(C)(C)CC(=O)O. The normalized spacial score (nSPS) is 11.2. The number of rotatable bonds is 7. The van der Waals surface area contributed by atoms with Crippen LogP contribution in [0.4, 0.5) is 0 Å². The van der Waals surface area contributed by atoms with Crippen LogP contribution in [0.15, 0.2) is 12.7 Å². The molecule has 0 atom stereocenters. The lowest BCUT2D eigenvalue weighted by Gasteiger charge is -2.21. The van der Waals surface area contributed by atoms with Gasteiger partial charge in [-0.05, 0) is 24.7 Å². The molecule has 0 amide bonds. The lowest BCUT2D eigenvalue weighted by atomic mass is 9.84. The molecule has 0 aliphatic carbocycles. The molecule has 0 radical (unpaired) electrons. The van der Waals surface area contributed by atoms with E-state index in [1.165, 1.54) is 0 Å². The van der Waals surface area contributed by atoms with Crippen molar-refractivity contribution in [1.29, 1.82) is 0 Å². The zero-order valence-corrected chi connectivity index (χ0v) is 8.68. The Hall–Kier alpha value is -0.790. The van der Waals surface area contributed by atoms with Gasteiger partial charge in [0.1, 0.15) is 0 Å². The third-order valence-corrected chi connectivity index (χ3v) is 2.14. The average Bonchev–Trinajstić information content (AvgIpc) is 1.95. The molecule has 0 aliphatic heterocycles. The van der Waals surface area contributed by atoms with Crippen LogP contribution in [0.2, 0.25) is 0 Å². The van der Waals surface area contributed by atoms with Crippen molar-refractivity contribution in [2.45, 2.75) is 46.0 Å². The van der Waals surface area contributed by atoms with Crippen molar-refractivity contribution in [1.82, 2.24) is 0 Å². The molecule has 0 aromatic carbocycles. The van der Waals surface area contributed by atoms with Crippen molar-refractivity contribution in [2.24, 2.45) is 5.41 Å². The third-order valence-electron chi connectivity index (χ3n) is 2.14. The van der Waals surface area contributed by atoms with Gasteiger partial charge < -0.3 is 5.11 Å². The highest BCUT2D eigenvalue weighted by atomic mass is 16.4. The molecule has 2 heteroatoms. The van der Waals surface area contributed by atoms with Crippen LogP contribution < -0.4 is 0 Å². The summed E-state index contributed by atoms with van der Waals surface area (Å²) in [7, 11) is 0. The van der Waals surface area contributed by atoms with E-state index >= 15 is 0 Å². The zero-order valence-electron chi connectivity index (χ0n) is 8.68. The largest absolute Gasteiger partial charge is 0.481 e. The van der Waals surface area contributed by atoms with Gasteiger partial charge in [0.2, 0.25) is 0 Å². The van der Waals surface area contributed by atoms with Crippen LogP contribution in [0.3, 0.4) is 0 Å². The zero-order chi connectivity index (χ0) is 10.3. The van der Waals surface area contributed by atoms with E-state index in [9.17, 15) is 4.79 Å². The molecule has 2 nitrogen and oxygen atoms in total. The van der Waals surface area contributed by atoms with E-state index in [0.717, 1.165) is 25.7 Å². The summed E-state index contributed by atoms with van der Waals surface area (Å²) in [6.07, 6.45) is 6.39. The molecular weight excluding hydrogens is 164 g/mol. The molecule has 0 saturated heterocycles. The average molecular weight is 184 g/mol. The summed E-state index contributed by atoms with van der Waals surface area (Å²) in [6, 6.07) is 0. The van der Waals surface area contributed by atoms with Crippen molar-refractivity contribution in [3.63, 3.8) is 0 Å². The van der Waals surface area contributed by atoms with Gasteiger partial charge in [-0.25, -0.2) is 0 Å². The predicted octanol–water partition coefficient (Wildman–Crippen LogP) is 3.23. The number of carboxylic acids is 1. The fourth-order valence-electron chi connectivity index (χ4n) is 1.39. The van der Waals surface area contributed by atoms with E-state index in [0.29, 0.717) is 0 Å². The van der Waals surface area contributed by atoms with E-state index < -0.39 is 5.97 Å². The molecule has 0 aliphatic rings. The van der Waals surface area contributed by atoms with E-state index in [4.69, 9.17) is 5.11 Å². The molecule has 0 unspecified atom stereocenters. The summed E-state index contributed by atoms with van der Waals surface area (Å²) < 4.78 is 0. The van der Waals surface area contributed by atoms with Crippen molar-refractivity contribution < 1.29 is 9.90 Å². The van der Waals surface area contributed by atoms with Gasteiger partial charge in [0.25, 0.3) is 0 Å². The fraction of sp³-hybridized carbons (Fsp3) is 0.727. The van der Waals surface area contributed by atoms with Crippen molar-refractivity contribution in [2.75, 3.05) is 0 Å². The summed E-state index contributed by atoms with van der Waals surface area (Å²) in [5.74, 6) is -0.700. The first kappa shape index (κ1) is 12.2. The lowest BCUT2D eigenvalue weighted by Crippen LogP contribution is -2.16. The molecule has 76 valence electrons. The maximum absolute atomic E-state index is 10.5. The quantitative estimate of drug-likeness (QED) is 0.487. The highest BCUT2D eigenvalue weighted by Crippen LogP contribution is 2.27. The maximum atomic E-state index is 10.5.